The predicted molar refractivity (Wildman–Crippen MR) is 59.7 cm³/mol. The largest absolute Gasteiger partial charge is 0.461 e. The molecule has 1 N–H and O–H groups in total. The van der Waals surface area contributed by atoms with Crippen LogP contribution in [0.2, 0.25) is 0 Å². The van der Waals surface area contributed by atoms with Crippen LogP contribution in [-0.4, -0.2) is 35.1 Å². The van der Waals surface area contributed by atoms with Gasteiger partial charge in [-0.25, -0.2) is 14.6 Å². The van der Waals surface area contributed by atoms with Crippen LogP contribution in [0, 0.1) is 0 Å². The van der Waals surface area contributed by atoms with Crippen molar-refractivity contribution in [2.24, 2.45) is 0 Å². The molecule has 17 heavy (non-hydrogen) atoms. The molecule has 0 spiro atoms. The fourth-order valence-electron chi connectivity index (χ4n) is 1.11. The molecule has 0 bridgehead atoms. The molecule has 6 nitrogen and oxygen atoms in total. The lowest BCUT2D eigenvalue weighted by molar-refractivity contribution is 0.0486. The molecule has 1 aromatic heterocycles. The SMILES string of the molecule is CCCCOC(=O)c1nc(C(=O)OCC)c[nH]1. The van der Waals surface area contributed by atoms with E-state index in [1.807, 2.05) is 6.92 Å². The third-order valence-electron chi connectivity index (χ3n) is 1.99. The minimum absolute atomic E-state index is 0.0177. The Hall–Kier alpha value is -1.85. The Morgan fingerprint density at radius 2 is 2.06 bits per heavy atom. The average molecular weight is 240 g/mol. The van der Waals surface area contributed by atoms with E-state index in [4.69, 9.17) is 9.47 Å². The second kappa shape index (κ2) is 6.67. The van der Waals surface area contributed by atoms with Gasteiger partial charge in [0, 0.05) is 6.20 Å². The normalized spacial score (nSPS) is 10.0. The number of H-pyrrole nitrogens is 1. The summed E-state index contributed by atoms with van der Waals surface area (Å²) < 4.78 is 9.68. The van der Waals surface area contributed by atoms with Gasteiger partial charge in [0.05, 0.1) is 13.2 Å². The second-order valence-corrected chi connectivity index (χ2v) is 3.34. The second-order valence-electron chi connectivity index (χ2n) is 3.34. The van der Waals surface area contributed by atoms with Crippen molar-refractivity contribution in [3.05, 3.63) is 17.7 Å². The summed E-state index contributed by atoms with van der Waals surface area (Å²) in [5, 5.41) is 0. The van der Waals surface area contributed by atoms with E-state index in [9.17, 15) is 9.59 Å². The topological polar surface area (TPSA) is 81.3 Å². The third-order valence-corrected chi connectivity index (χ3v) is 1.99. The van der Waals surface area contributed by atoms with Crippen LogP contribution in [0.4, 0.5) is 0 Å². The fourth-order valence-corrected chi connectivity index (χ4v) is 1.11. The van der Waals surface area contributed by atoms with Gasteiger partial charge in [0.1, 0.15) is 0 Å². The van der Waals surface area contributed by atoms with Crippen LogP contribution in [0.5, 0.6) is 0 Å². The molecule has 1 rings (SSSR count). The number of hydrogen-bond acceptors (Lipinski definition) is 5. The van der Waals surface area contributed by atoms with Crippen LogP contribution in [0.3, 0.4) is 0 Å². The van der Waals surface area contributed by atoms with Gasteiger partial charge < -0.3 is 14.5 Å². The molecule has 0 aliphatic heterocycles. The van der Waals surface area contributed by atoms with Crippen molar-refractivity contribution < 1.29 is 19.1 Å². The maximum absolute atomic E-state index is 11.4. The van der Waals surface area contributed by atoms with Crippen molar-refractivity contribution in [1.82, 2.24) is 9.97 Å². The number of imidazole rings is 1. The number of carbonyl (C=O) groups excluding carboxylic acids is 2. The molecule has 0 aliphatic carbocycles. The summed E-state index contributed by atoms with van der Waals surface area (Å²) >= 11 is 0. The molecule has 0 aliphatic rings. The highest BCUT2D eigenvalue weighted by Crippen LogP contribution is 2.02. The zero-order chi connectivity index (χ0) is 12.7. The first-order valence-electron chi connectivity index (χ1n) is 5.58. The summed E-state index contributed by atoms with van der Waals surface area (Å²) in [6.07, 6.45) is 3.07. The Morgan fingerprint density at radius 3 is 2.71 bits per heavy atom. The molecule has 0 aromatic carbocycles. The van der Waals surface area contributed by atoms with Crippen LogP contribution in [0.15, 0.2) is 6.20 Å². The molecule has 0 unspecified atom stereocenters. The van der Waals surface area contributed by atoms with E-state index in [-0.39, 0.29) is 18.1 Å². The Morgan fingerprint density at radius 1 is 1.29 bits per heavy atom. The number of rotatable bonds is 6. The fraction of sp³-hybridized carbons (Fsp3) is 0.545. The lowest BCUT2D eigenvalue weighted by Gasteiger charge is -2.00. The summed E-state index contributed by atoms with van der Waals surface area (Å²) in [7, 11) is 0. The first-order chi connectivity index (χ1) is 8.19. The number of aromatic nitrogens is 2. The van der Waals surface area contributed by atoms with E-state index in [0.29, 0.717) is 6.61 Å². The van der Waals surface area contributed by atoms with Crippen LogP contribution in [-0.2, 0) is 9.47 Å². The summed E-state index contributed by atoms with van der Waals surface area (Å²) in [5.74, 6) is -1.10. The molecule has 0 radical (unpaired) electrons. The maximum atomic E-state index is 11.4. The van der Waals surface area contributed by atoms with Crippen LogP contribution < -0.4 is 0 Å². The van der Waals surface area contributed by atoms with Crippen molar-refractivity contribution in [1.29, 1.82) is 0 Å². The molecule has 6 heteroatoms. The highest BCUT2D eigenvalue weighted by atomic mass is 16.5. The highest BCUT2D eigenvalue weighted by molar-refractivity contribution is 5.90. The van der Waals surface area contributed by atoms with Crippen LogP contribution >= 0.6 is 0 Å². The minimum Gasteiger partial charge on any atom is -0.461 e. The summed E-state index contributed by atoms with van der Waals surface area (Å²) in [4.78, 5) is 29.1. The van der Waals surface area contributed by atoms with Crippen molar-refractivity contribution >= 4 is 11.9 Å². The summed E-state index contributed by atoms with van der Waals surface area (Å²) in [6.45, 7) is 4.32. The van der Waals surface area contributed by atoms with E-state index in [1.54, 1.807) is 6.92 Å². The van der Waals surface area contributed by atoms with Gasteiger partial charge in [-0.1, -0.05) is 13.3 Å². The number of unbranched alkanes of at least 4 members (excludes halogenated alkanes) is 1. The lowest BCUT2D eigenvalue weighted by Crippen LogP contribution is -2.09. The van der Waals surface area contributed by atoms with E-state index in [0.717, 1.165) is 12.8 Å². The summed E-state index contributed by atoms with van der Waals surface area (Å²) in [5.41, 5.74) is 0.0780. The Balaban J connectivity index is 2.55. The van der Waals surface area contributed by atoms with Crippen LogP contribution in [0.1, 0.15) is 47.8 Å². The first-order valence-corrected chi connectivity index (χ1v) is 5.58. The van der Waals surface area contributed by atoms with E-state index < -0.39 is 11.9 Å². The van der Waals surface area contributed by atoms with Gasteiger partial charge in [0.2, 0.25) is 5.82 Å². The highest BCUT2D eigenvalue weighted by Gasteiger charge is 2.16. The molecule has 1 aromatic rings. The van der Waals surface area contributed by atoms with Crippen molar-refractivity contribution in [2.45, 2.75) is 26.7 Å². The Kier molecular flexibility index (Phi) is 5.19. The standard InChI is InChI=1S/C11H16N2O4/c1-3-5-6-17-11(15)9-12-7-8(13-9)10(14)16-4-2/h7H,3-6H2,1-2H3,(H,12,13). The molecule has 94 valence electrons. The molecule has 0 saturated carbocycles. The molecular formula is C11H16N2O4. The smallest absolute Gasteiger partial charge is 0.374 e. The summed E-state index contributed by atoms with van der Waals surface area (Å²) in [6, 6.07) is 0. The molecule has 0 atom stereocenters. The molecule has 1 heterocycles. The predicted octanol–water partition coefficient (Wildman–Crippen LogP) is 1.54. The monoisotopic (exact) mass is 240 g/mol. The molecular weight excluding hydrogens is 224 g/mol. The molecule has 0 saturated heterocycles. The van der Waals surface area contributed by atoms with Gasteiger partial charge in [0.15, 0.2) is 5.69 Å². The van der Waals surface area contributed by atoms with E-state index >= 15 is 0 Å². The quantitative estimate of drug-likeness (QED) is 0.602. The van der Waals surface area contributed by atoms with Crippen molar-refractivity contribution in [3.63, 3.8) is 0 Å². The van der Waals surface area contributed by atoms with Gasteiger partial charge in [-0.05, 0) is 13.3 Å². The van der Waals surface area contributed by atoms with Gasteiger partial charge in [-0.15, -0.1) is 0 Å². The Bertz CT molecular complexity index is 387. The van der Waals surface area contributed by atoms with Gasteiger partial charge in [-0.2, -0.15) is 0 Å². The number of esters is 2. The average Bonchev–Trinajstić information content (AvgIpc) is 2.79. The molecule has 0 fully saturated rings. The first kappa shape index (κ1) is 13.2. The van der Waals surface area contributed by atoms with Crippen molar-refractivity contribution in [3.8, 4) is 0 Å². The number of ether oxygens (including phenoxy) is 2. The number of carbonyl (C=O) groups is 2. The molecule has 0 amide bonds. The third kappa shape index (κ3) is 3.90. The zero-order valence-corrected chi connectivity index (χ0v) is 9.99. The Labute approximate surface area is 99.3 Å². The minimum atomic E-state index is -0.561. The van der Waals surface area contributed by atoms with Gasteiger partial charge >= 0.3 is 11.9 Å². The van der Waals surface area contributed by atoms with Crippen molar-refractivity contribution in [2.75, 3.05) is 13.2 Å². The van der Waals surface area contributed by atoms with E-state index in [2.05, 4.69) is 9.97 Å². The maximum Gasteiger partial charge on any atom is 0.374 e. The zero-order valence-electron chi connectivity index (χ0n) is 9.99. The van der Waals surface area contributed by atoms with Gasteiger partial charge in [0.25, 0.3) is 0 Å². The van der Waals surface area contributed by atoms with E-state index in [1.165, 1.54) is 6.20 Å². The number of hydrogen-bond donors (Lipinski definition) is 1. The number of aromatic amines is 1. The van der Waals surface area contributed by atoms with Crippen LogP contribution in [0.25, 0.3) is 0 Å². The number of nitrogens with one attached hydrogen (secondary N) is 1. The van der Waals surface area contributed by atoms with Gasteiger partial charge in [-0.3, -0.25) is 0 Å². The number of nitrogens with zero attached hydrogens (tertiary/aromatic N) is 1. The lowest BCUT2D eigenvalue weighted by atomic mass is 10.4.